The molecule has 2 aliphatic rings. The maximum absolute atomic E-state index is 12.8. The second-order valence-electron chi connectivity index (χ2n) is 7.73. The van der Waals surface area contributed by atoms with Gasteiger partial charge >= 0.3 is 0 Å². The molecule has 0 radical (unpaired) electrons. The van der Waals surface area contributed by atoms with Gasteiger partial charge in [0.15, 0.2) is 0 Å². The van der Waals surface area contributed by atoms with Crippen LogP contribution in [-0.4, -0.2) is 44.7 Å². The number of nitrogens with zero attached hydrogens (tertiary/aromatic N) is 2. The van der Waals surface area contributed by atoms with Crippen LogP contribution in [0, 0.1) is 5.92 Å². The SMILES string of the molecule is CC(NC(=O)C1CCN(c2cccc(Br)c2)C1=O)c1ccc(N2CCOCC2)cc1. The van der Waals surface area contributed by atoms with Crippen molar-refractivity contribution in [2.45, 2.75) is 19.4 Å². The van der Waals surface area contributed by atoms with Gasteiger partial charge in [-0.1, -0.05) is 34.1 Å². The van der Waals surface area contributed by atoms with Crippen LogP contribution in [0.5, 0.6) is 0 Å². The molecule has 2 atom stereocenters. The molecule has 2 amide bonds. The number of carbonyl (C=O) groups excluding carboxylic acids is 2. The first-order valence-corrected chi connectivity index (χ1v) is 11.1. The van der Waals surface area contributed by atoms with Crippen LogP contribution in [-0.2, 0) is 14.3 Å². The van der Waals surface area contributed by atoms with Crippen molar-refractivity contribution < 1.29 is 14.3 Å². The molecule has 0 saturated carbocycles. The molecular formula is C23H26BrN3O3. The summed E-state index contributed by atoms with van der Waals surface area (Å²) in [6.07, 6.45) is 0.528. The van der Waals surface area contributed by atoms with E-state index >= 15 is 0 Å². The summed E-state index contributed by atoms with van der Waals surface area (Å²) in [7, 11) is 0. The fourth-order valence-electron chi connectivity index (χ4n) is 4.02. The standard InChI is InChI=1S/C23H26BrN3O3/c1-16(17-5-7-19(8-6-17)26-11-13-30-14-12-26)25-22(28)21-9-10-27(23(21)29)20-4-2-3-18(24)15-20/h2-8,15-16,21H,9-14H2,1H3,(H,25,28). The number of rotatable bonds is 5. The fourth-order valence-corrected chi connectivity index (χ4v) is 4.40. The van der Waals surface area contributed by atoms with E-state index in [1.165, 1.54) is 0 Å². The second kappa shape index (κ2) is 9.18. The number of nitrogens with one attached hydrogen (secondary N) is 1. The Kier molecular flexibility index (Phi) is 6.39. The molecule has 158 valence electrons. The molecule has 6 nitrogen and oxygen atoms in total. The Bertz CT molecular complexity index is 912. The zero-order chi connectivity index (χ0) is 21.1. The van der Waals surface area contributed by atoms with E-state index in [2.05, 4.69) is 38.3 Å². The van der Waals surface area contributed by atoms with Gasteiger partial charge in [0, 0.05) is 35.5 Å². The normalized spacial score (nSPS) is 20.3. The Morgan fingerprint density at radius 2 is 1.83 bits per heavy atom. The van der Waals surface area contributed by atoms with Gasteiger partial charge in [-0.25, -0.2) is 0 Å². The predicted octanol–water partition coefficient (Wildman–Crippen LogP) is 3.52. The van der Waals surface area contributed by atoms with E-state index in [1.54, 1.807) is 4.90 Å². The smallest absolute Gasteiger partial charge is 0.239 e. The number of hydrogen-bond acceptors (Lipinski definition) is 4. The molecule has 4 rings (SSSR count). The molecule has 2 aromatic carbocycles. The van der Waals surface area contributed by atoms with Gasteiger partial charge in [0.05, 0.1) is 19.3 Å². The summed E-state index contributed by atoms with van der Waals surface area (Å²) < 4.78 is 6.32. The molecule has 2 saturated heterocycles. The van der Waals surface area contributed by atoms with Crippen molar-refractivity contribution in [1.29, 1.82) is 0 Å². The lowest BCUT2D eigenvalue weighted by atomic mass is 10.0. The third kappa shape index (κ3) is 4.52. The topological polar surface area (TPSA) is 61.9 Å². The van der Waals surface area contributed by atoms with Crippen LogP contribution in [0.15, 0.2) is 53.0 Å². The van der Waals surface area contributed by atoms with Gasteiger partial charge in [-0.2, -0.15) is 0 Å². The minimum absolute atomic E-state index is 0.138. The highest BCUT2D eigenvalue weighted by atomic mass is 79.9. The highest BCUT2D eigenvalue weighted by molar-refractivity contribution is 9.10. The molecule has 2 aromatic rings. The highest BCUT2D eigenvalue weighted by Crippen LogP contribution is 2.28. The van der Waals surface area contributed by atoms with Crippen molar-refractivity contribution >= 4 is 39.1 Å². The van der Waals surface area contributed by atoms with Crippen molar-refractivity contribution in [3.63, 3.8) is 0 Å². The van der Waals surface area contributed by atoms with E-state index in [0.717, 1.165) is 47.7 Å². The Morgan fingerprint density at radius 1 is 1.10 bits per heavy atom. The first kappa shape index (κ1) is 20.9. The summed E-state index contributed by atoms with van der Waals surface area (Å²) in [5.74, 6) is -0.984. The molecule has 7 heteroatoms. The Balaban J connectivity index is 1.37. The quantitative estimate of drug-likeness (QED) is 0.677. The highest BCUT2D eigenvalue weighted by Gasteiger charge is 2.38. The number of halogens is 1. The molecule has 0 aromatic heterocycles. The van der Waals surface area contributed by atoms with Gasteiger partial charge < -0.3 is 19.9 Å². The molecule has 2 heterocycles. The monoisotopic (exact) mass is 471 g/mol. The van der Waals surface area contributed by atoms with Crippen molar-refractivity contribution in [3.05, 3.63) is 58.6 Å². The average molecular weight is 472 g/mol. The number of carbonyl (C=O) groups is 2. The van der Waals surface area contributed by atoms with E-state index in [0.29, 0.717) is 13.0 Å². The zero-order valence-electron chi connectivity index (χ0n) is 17.0. The largest absolute Gasteiger partial charge is 0.378 e. The van der Waals surface area contributed by atoms with Crippen molar-refractivity contribution in [1.82, 2.24) is 5.32 Å². The summed E-state index contributed by atoms with van der Waals surface area (Å²) >= 11 is 3.44. The Morgan fingerprint density at radius 3 is 2.53 bits per heavy atom. The summed E-state index contributed by atoms with van der Waals surface area (Å²) in [6.45, 7) is 5.79. The Labute approximate surface area is 185 Å². The van der Waals surface area contributed by atoms with Crippen molar-refractivity contribution in [2.24, 2.45) is 5.92 Å². The third-order valence-electron chi connectivity index (χ3n) is 5.77. The molecule has 2 aliphatic heterocycles. The van der Waals surface area contributed by atoms with E-state index < -0.39 is 5.92 Å². The van der Waals surface area contributed by atoms with E-state index in [-0.39, 0.29) is 17.9 Å². The first-order valence-electron chi connectivity index (χ1n) is 10.3. The minimum Gasteiger partial charge on any atom is -0.378 e. The van der Waals surface area contributed by atoms with Crippen LogP contribution >= 0.6 is 15.9 Å². The first-order chi connectivity index (χ1) is 14.5. The maximum Gasteiger partial charge on any atom is 0.239 e. The summed E-state index contributed by atoms with van der Waals surface area (Å²) in [4.78, 5) is 29.6. The lowest BCUT2D eigenvalue weighted by Crippen LogP contribution is -2.38. The fraction of sp³-hybridized carbons (Fsp3) is 0.391. The molecule has 0 spiro atoms. The van der Waals surface area contributed by atoms with Crippen LogP contribution in [0.4, 0.5) is 11.4 Å². The maximum atomic E-state index is 12.8. The van der Waals surface area contributed by atoms with Crippen molar-refractivity contribution in [2.75, 3.05) is 42.6 Å². The molecule has 2 unspecified atom stereocenters. The summed E-state index contributed by atoms with van der Waals surface area (Å²) in [5.41, 5.74) is 3.00. The van der Waals surface area contributed by atoms with Gasteiger partial charge in [-0.15, -0.1) is 0 Å². The molecule has 1 N–H and O–H groups in total. The lowest BCUT2D eigenvalue weighted by molar-refractivity contribution is -0.132. The van der Waals surface area contributed by atoms with Gasteiger partial charge in [-0.3, -0.25) is 9.59 Å². The van der Waals surface area contributed by atoms with Gasteiger partial charge in [0.25, 0.3) is 0 Å². The van der Waals surface area contributed by atoms with Crippen LogP contribution in [0.2, 0.25) is 0 Å². The number of benzene rings is 2. The van der Waals surface area contributed by atoms with E-state index in [9.17, 15) is 9.59 Å². The van der Waals surface area contributed by atoms with Gasteiger partial charge in [-0.05, 0) is 49.2 Å². The van der Waals surface area contributed by atoms with Gasteiger partial charge in [0.1, 0.15) is 5.92 Å². The molecule has 30 heavy (non-hydrogen) atoms. The van der Waals surface area contributed by atoms with Gasteiger partial charge in [0.2, 0.25) is 11.8 Å². The molecule has 2 fully saturated rings. The number of anilines is 2. The third-order valence-corrected chi connectivity index (χ3v) is 6.26. The number of hydrogen-bond donors (Lipinski definition) is 1. The summed E-state index contributed by atoms with van der Waals surface area (Å²) in [6, 6.07) is 15.7. The number of amides is 2. The predicted molar refractivity (Wildman–Crippen MR) is 121 cm³/mol. The number of morpholine rings is 1. The van der Waals surface area contributed by atoms with Crippen LogP contribution < -0.4 is 15.1 Å². The molecular weight excluding hydrogens is 446 g/mol. The average Bonchev–Trinajstić information content (AvgIpc) is 3.16. The van der Waals surface area contributed by atoms with E-state index in [1.807, 2.05) is 43.3 Å². The molecule has 0 aliphatic carbocycles. The van der Waals surface area contributed by atoms with Crippen LogP contribution in [0.3, 0.4) is 0 Å². The van der Waals surface area contributed by atoms with Crippen LogP contribution in [0.1, 0.15) is 24.9 Å². The minimum atomic E-state index is -0.640. The van der Waals surface area contributed by atoms with Crippen molar-refractivity contribution in [3.8, 4) is 0 Å². The van der Waals surface area contributed by atoms with E-state index in [4.69, 9.17) is 4.74 Å². The second-order valence-corrected chi connectivity index (χ2v) is 8.65. The van der Waals surface area contributed by atoms with Crippen LogP contribution in [0.25, 0.3) is 0 Å². The lowest BCUT2D eigenvalue weighted by Gasteiger charge is -2.29. The zero-order valence-corrected chi connectivity index (χ0v) is 18.6. The Hall–Kier alpha value is -2.38. The number of ether oxygens (including phenoxy) is 1. The molecule has 0 bridgehead atoms. The summed E-state index contributed by atoms with van der Waals surface area (Å²) in [5, 5.41) is 3.02.